The van der Waals surface area contributed by atoms with Crippen molar-refractivity contribution in [3.8, 4) is 0 Å². The van der Waals surface area contributed by atoms with Gasteiger partial charge in [-0.05, 0) is 0 Å². The van der Waals surface area contributed by atoms with Crippen LogP contribution in [0.2, 0.25) is 0 Å². The van der Waals surface area contributed by atoms with Crippen molar-refractivity contribution < 1.29 is 22.7 Å². The molecule has 0 aromatic rings. The Labute approximate surface area is 73.2 Å². The maximum absolute atomic E-state index is 11.5. The third-order valence-corrected chi connectivity index (χ3v) is 0.965. The number of nitrogens with two attached hydrogens (primary N) is 1. The molecule has 1 amide bonds. The van der Waals surface area contributed by atoms with Gasteiger partial charge in [-0.25, -0.2) is 0 Å². The van der Waals surface area contributed by atoms with E-state index in [0.717, 1.165) is 0 Å². The molecule has 0 bridgehead atoms. The molecular weight excluding hydrogens is 189 g/mol. The standard InChI is InChI=1S/C6H11F3N2O2/c7-6(8,9)4-13-3-5(12)11-2-1-10/h1-4,10H2,(H,11,12). The molecule has 0 radical (unpaired) electrons. The van der Waals surface area contributed by atoms with Crippen LogP contribution in [-0.4, -0.2) is 38.4 Å². The number of hydrogen-bond donors (Lipinski definition) is 2. The van der Waals surface area contributed by atoms with Crippen molar-refractivity contribution >= 4 is 5.91 Å². The number of halogens is 3. The van der Waals surface area contributed by atoms with Crippen molar-refractivity contribution in [3.05, 3.63) is 0 Å². The van der Waals surface area contributed by atoms with Gasteiger partial charge in [-0.2, -0.15) is 13.2 Å². The minimum atomic E-state index is -4.39. The van der Waals surface area contributed by atoms with E-state index in [2.05, 4.69) is 10.1 Å². The highest BCUT2D eigenvalue weighted by atomic mass is 19.4. The average molecular weight is 200 g/mol. The van der Waals surface area contributed by atoms with Crippen LogP contribution in [-0.2, 0) is 9.53 Å². The molecule has 0 saturated heterocycles. The fourth-order valence-electron chi connectivity index (χ4n) is 0.522. The quantitative estimate of drug-likeness (QED) is 0.637. The summed E-state index contributed by atoms with van der Waals surface area (Å²) in [6.45, 7) is -1.54. The molecule has 0 aliphatic heterocycles. The number of ether oxygens (including phenoxy) is 1. The molecule has 0 fully saturated rings. The number of amides is 1. The summed E-state index contributed by atoms with van der Waals surface area (Å²) in [5.41, 5.74) is 5.04. The fourth-order valence-corrected chi connectivity index (χ4v) is 0.522. The van der Waals surface area contributed by atoms with Crippen LogP contribution in [0.15, 0.2) is 0 Å². The van der Waals surface area contributed by atoms with Crippen LogP contribution in [0.5, 0.6) is 0 Å². The topological polar surface area (TPSA) is 64.3 Å². The summed E-state index contributed by atoms with van der Waals surface area (Å²) < 4.78 is 38.5. The van der Waals surface area contributed by atoms with Crippen LogP contribution in [0, 0.1) is 0 Å². The van der Waals surface area contributed by atoms with Crippen LogP contribution >= 0.6 is 0 Å². The van der Waals surface area contributed by atoms with Gasteiger partial charge in [0, 0.05) is 13.1 Å². The van der Waals surface area contributed by atoms with Gasteiger partial charge in [-0.3, -0.25) is 4.79 Å². The smallest absolute Gasteiger partial charge is 0.362 e. The lowest BCUT2D eigenvalue weighted by Crippen LogP contribution is -2.33. The Morgan fingerprint density at radius 2 is 2.08 bits per heavy atom. The molecule has 4 nitrogen and oxygen atoms in total. The fraction of sp³-hybridized carbons (Fsp3) is 0.833. The van der Waals surface area contributed by atoms with Crippen molar-refractivity contribution in [3.63, 3.8) is 0 Å². The Hall–Kier alpha value is -0.820. The number of nitrogens with one attached hydrogen (secondary N) is 1. The zero-order valence-corrected chi connectivity index (χ0v) is 6.86. The van der Waals surface area contributed by atoms with Gasteiger partial charge in [-0.15, -0.1) is 0 Å². The number of rotatable bonds is 5. The highest BCUT2D eigenvalue weighted by molar-refractivity contribution is 5.77. The van der Waals surface area contributed by atoms with E-state index >= 15 is 0 Å². The second kappa shape index (κ2) is 5.76. The van der Waals surface area contributed by atoms with Gasteiger partial charge in [0.1, 0.15) is 13.2 Å². The minimum Gasteiger partial charge on any atom is -0.362 e. The molecule has 78 valence electrons. The summed E-state index contributed by atoms with van der Waals surface area (Å²) in [6.07, 6.45) is -4.39. The Kier molecular flexibility index (Phi) is 5.40. The first kappa shape index (κ1) is 12.2. The van der Waals surface area contributed by atoms with E-state index < -0.39 is 25.3 Å². The van der Waals surface area contributed by atoms with Gasteiger partial charge in [0.05, 0.1) is 0 Å². The Morgan fingerprint density at radius 1 is 1.46 bits per heavy atom. The highest BCUT2D eigenvalue weighted by Crippen LogP contribution is 2.13. The van der Waals surface area contributed by atoms with Gasteiger partial charge in [-0.1, -0.05) is 0 Å². The molecule has 0 aromatic carbocycles. The normalized spacial score (nSPS) is 11.4. The van der Waals surface area contributed by atoms with Crippen LogP contribution in [0.1, 0.15) is 0 Å². The van der Waals surface area contributed by atoms with Crippen LogP contribution in [0.25, 0.3) is 0 Å². The lowest BCUT2D eigenvalue weighted by molar-refractivity contribution is -0.175. The predicted octanol–water partition coefficient (Wildman–Crippen LogP) is -0.360. The minimum absolute atomic E-state index is 0.230. The van der Waals surface area contributed by atoms with Crippen molar-refractivity contribution in [2.24, 2.45) is 5.73 Å². The zero-order valence-electron chi connectivity index (χ0n) is 6.86. The molecule has 0 spiro atoms. The van der Waals surface area contributed by atoms with Crippen molar-refractivity contribution in [1.29, 1.82) is 0 Å². The molecule has 3 N–H and O–H groups in total. The van der Waals surface area contributed by atoms with Crippen LogP contribution in [0.3, 0.4) is 0 Å². The first-order valence-electron chi connectivity index (χ1n) is 3.57. The number of carbonyl (C=O) groups excluding carboxylic acids is 1. The second-order valence-corrected chi connectivity index (χ2v) is 2.25. The average Bonchev–Trinajstić information content (AvgIpc) is 1.98. The van der Waals surface area contributed by atoms with Crippen LogP contribution < -0.4 is 11.1 Å². The Morgan fingerprint density at radius 3 is 2.54 bits per heavy atom. The first-order chi connectivity index (χ1) is 5.95. The summed E-state index contributed by atoms with van der Waals surface area (Å²) in [5, 5.41) is 2.26. The van der Waals surface area contributed by atoms with E-state index in [-0.39, 0.29) is 13.1 Å². The second-order valence-electron chi connectivity index (χ2n) is 2.25. The van der Waals surface area contributed by atoms with Gasteiger partial charge in [0.25, 0.3) is 0 Å². The maximum Gasteiger partial charge on any atom is 0.411 e. The molecule has 0 aliphatic rings. The van der Waals surface area contributed by atoms with Crippen molar-refractivity contribution in [2.75, 3.05) is 26.3 Å². The van der Waals surface area contributed by atoms with Crippen molar-refractivity contribution in [1.82, 2.24) is 5.32 Å². The number of carbonyl (C=O) groups is 1. The van der Waals surface area contributed by atoms with E-state index in [4.69, 9.17) is 5.73 Å². The number of hydrogen-bond acceptors (Lipinski definition) is 3. The van der Waals surface area contributed by atoms with E-state index in [1.54, 1.807) is 0 Å². The molecule has 0 atom stereocenters. The SMILES string of the molecule is NCCNC(=O)COCC(F)(F)F. The monoisotopic (exact) mass is 200 g/mol. The summed E-state index contributed by atoms with van der Waals surface area (Å²) in [5.74, 6) is -0.602. The molecule has 0 aromatic heterocycles. The molecule has 0 rings (SSSR count). The van der Waals surface area contributed by atoms with Crippen molar-refractivity contribution in [2.45, 2.75) is 6.18 Å². The summed E-state index contributed by atoms with van der Waals surface area (Å²) in [4.78, 5) is 10.6. The van der Waals surface area contributed by atoms with Gasteiger partial charge < -0.3 is 15.8 Å². The van der Waals surface area contributed by atoms with E-state index in [1.165, 1.54) is 0 Å². The Balaban J connectivity index is 3.37. The summed E-state index contributed by atoms with van der Waals surface area (Å²) in [7, 11) is 0. The summed E-state index contributed by atoms with van der Waals surface area (Å²) >= 11 is 0. The third-order valence-electron chi connectivity index (χ3n) is 0.965. The third kappa shape index (κ3) is 9.09. The first-order valence-corrected chi connectivity index (χ1v) is 3.57. The van der Waals surface area contributed by atoms with E-state index in [1.807, 2.05) is 0 Å². The molecule has 0 saturated carbocycles. The summed E-state index contributed by atoms with van der Waals surface area (Å²) in [6, 6.07) is 0. The van der Waals surface area contributed by atoms with E-state index in [9.17, 15) is 18.0 Å². The number of alkyl halides is 3. The molecule has 0 unspecified atom stereocenters. The molecule has 0 aliphatic carbocycles. The lowest BCUT2D eigenvalue weighted by Gasteiger charge is -2.07. The lowest BCUT2D eigenvalue weighted by atomic mass is 10.5. The molecule has 13 heavy (non-hydrogen) atoms. The van der Waals surface area contributed by atoms with E-state index in [0.29, 0.717) is 0 Å². The largest absolute Gasteiger partial charge is 0.411 e. The molecule has 0 heterocycles. The maximum atomic E-state index is 11.5. The zero-order chi connectivity index (χ0) is 10.3. The van der Waals surface area contributed by atoms with Gasteiger partial charge in [0.2, 0.25) is 5.91 Å². The van der Waals surface area contributed by atoms with Crippen LogP contribution in [0.4, 0.5) is 13.2 Å². The molecular formula is C6H11F3N2O2. The predicted molar refractivity (Wildman–Crippen MR) is 38.9 cm³/mol. The highest BCUT2D eigenvalue weighted by Gasteiger charge is 2.27. The Bertz CT molecular complexity index is 160. The van der Waals surface area contributed by atoms with Gasteiger partial charge in [0.15, 0.2) is 0 Å². The van der Waals surface area contributed by atoms with Gasteiger partial charge >= 0.3 is 6.18 Å². The molecule has 7 heteroatoms.